The summed E-state index contributed by atoms with van der Waals surface area (Å²) in [5, 5.41) is 3.42. The first kappa shape index (κ1) is 22.2. The van der Waals surface area contributed by atoms with Crippen LogP contribution in [0.3, 0.4) is 0 Å². The van der Waals surface area contributed by atoms with Crippen LogP contribution in [0, 0.1) is 5.92 Å². The molecule has 6 heteroatoms. The molecule has 0 saturated carbocycles. The fraction of sp³-hybridized carbons (Fsp3) is 0.550. The van der Waals surface area contributed by atoms with Gasteiger partial charge in [0.1, 0.15) is 6.42 Å². The van der Waals surface area contributed by atoms with Crippen molar-refractivity contribution in [1.29, 1.82) is 0 Å². The van der Waals surface area contributed by atoms with Crippen molar-refractivity contribution in [3.05, 3.63) is 34.9 Å². The van der Waals surface area contributed by atoms with Crippen molar-refractivity contribution in [3.63, 3.8) is 0 Å². The average molecular weight is 382 g/mol. The molecule has 0 fully saturated rings. The smallest absolute Gasteiger partial charge is 0.313 e. The summed E-state index contributed by atoms with van der Waals surface area (Å²) in [5.41, 5.74) is -0.363. The molecule has 2 atom stereocenters. The molecular weight excluding hydrogens is 354 g/mol. The van der Waals surface area contributed by atoms with Crippen molar-refractivity contribution >= 4 is 29.3 Å². The Morgan fingerprint density at radius 2 is 1.62 bits per heavy atom. The van der Waals surface area contributed by atoms with E-state index >= 15 is 0 Å². The maximum absolute atomic E-state index is 12.7. The second-order valence-electron chi connectivity index (χ2n) is 7.26. The maximum Gasteiger partial charge on any atom is 0.313 e. The zero-order chi connectivity index (χ0) is 20.1. The molecule has 0 heterocycles. The molecule has 1 aromatic carbocycles. The molecule has 0 aliphatic carbocycles. The summed E-state index contributed by atoms with van der Waals surface area (Å²) < 4.78 is 5.04. The van der Waals surface area contributed by atoms with Crippen LogP contribution in [0.25, 0.3) is 0 Å². The van der Waals surface area contributed by atoms with Gasteiger partial charge in [0.05, 0.1) is 17.6 Å². The summed E-state index contributed by atoms with van der Waals surface area (Å²) >= 11 is 5.88. The van der Waals surface area contributed by atoms with Gasteiger partial charge in [-0.05, 0) is 51.3 Å². The highest BCUT2D eigenvalue weighted by atomic mass is 35.5. The summed E-state index contributed by atoms with van der Waals surface area (Å²) in [6.45, 7) is 10.5. The molecular formula is C20H28ClNO4. The molecule has 0 aliphatic rings. The highest BCUT2D eigenvalue weighted by Crippen LogP contribution is 2.24. The number of esters is 1. The van der Waals surface area contributed by atoms with Crippen LogP contribution in [0.1, 0.15) is 59.4 Å². The monoisotopic (exact) mass is 381 g/mol. The number of ether oxygens (including phenoxy) is 1. The number of halogens is 1. The lowest BCUT2D eigenvalue weighted by Gasteiger charge is -2.34. The second kappa shape index (κ2) is 9.17. The van der Waals surface area contributed by atoms with Gasteiger partial charge in [-0.15, -0.1) is 0 Å². The van der Waals surface area contributed by atoms with Gasteiger partial charge in [-0.25, -0.2) is 0 Å². The average Bonchev–Trinajstić information content (AvgIpc) is 2.53. The SMILES string of the molecule is CC(C)OC(=O)CC(=O)C(C)(NC(=O)C(C)c1ccc(Cl)cc1)C(C)C. The summed E-state index contributed by atoms with van der Waals surface area (Å²) in [4.78, 5) is 37.2. The third-order valence-corrected chi connectivity index (χ3v) is 4.80. The van der Waals surface area contributed by atoms with Crippen LogP contribution in [0.5, 0.6) is 0 Å². The minimum Gasteiger partial charge on any atom is -0.463 e. The number of carbonyl (C=O) groups is 3. The fourth-order valence-corrected chi connectivity index (χ4v) is 2.55. The van der Waals surface area contributed by atoms with Crippen molar-refractivity contribution in [2.75, 3.05) is 0 Å². The van der Waals surface area contributed by atoms with Gasteiger partial charge in [0.2, 0.25) is 5.91 Å². The first-order valence-corrected chi connectivity index (χ1v) is 9.15. The van der Waals surface area contributed by atoms with E-state index in [1.807, 2.05) is 13.8 Å². The predicted molar refractivity (Wildman–Crippen MR) is 102 cm³/mol. The van der Waals surface area contributed by atoms with E-state index in [-0.39, 0.29) is 30.1 Å². The summed E-state index contributed by atoms with van der Waals surface area (Å²) in [5.74, 6) is -1.88. The summed E-state index contributed by atoms with van der Waals surface area (Å²) in [7, 11) is 0. The van der Waals surface area contributed by atoms with Gasteiger partial charge < -0.3 is 10.1 Å². The van der Waals surface area contributed by atoms with Crippen molar-refractivity contribution in [2.45, 2.75) is 65.5 Å². The van der Waals surface area contributed by atoms with Crippen LogP contribution in [-0.2, 0) is 19.1 Å². The summed E-state index contributed by atoms with van der Waals surface area (Å²) in [6, 6.07) is 6.99. The number of rotatable bonds is 8. The Labute approximate surface area is 160 Å². The molecule has 1 N–H and O–H groups in total. The Kier molecular flexibility index (Phi) is 7.82. The highest BCUT2D eigenvalue weighted by molar-refractivity contribution is 6.30. The van der Waals surface area contributed by atoms with E-state index in [1.165, 1.54) is 0 Å². The largest absolute Gasteiger partial charge is 0.463 e. The Bertz CT molecular complexity index is 654. The lowest BCUT2D eigenvalue weighted by Crippen LogP contribution is -2.57. The summed E-state index contributed by atoms with van der Waals surface area (Å²) in [6.07, 6.45) is -0.664. The van der Waals surface area contributed by atoms with Gasteiger partial charge in [-0.1, -0.05) is 37.6 Å². The van der Waals surface area contributed by atoms with Gasteiger partial charge >= 0.3 is 5.97 Å². The molecule has 0 radical (unpaired) electrons. The number of benzene rings is 1. The van der Waals surface area contributed by atoms with Gasteiger partial charge in [0.25, 0.3) is 0 Å². The van der Waals surface area contributed by atoms with E-state index in [2.05, 4.69) is 5.32 Å². The van der Waals surface area contributed by atoms with E-state index in [0.29, 0.717) is 5.02 Å². The van der Waals surface area contributed by atoms with Gasteiger partial charge in [-0.2, -0.15) is 0 Å². The highest BCUT2D eigenvalue weighted by Gasteiger charge is 2.39. The second-order valence-corrected chi connectivity index (χ2v) is 7.69. The number of Topliss-reactive ketones (excluding diaryl/α,β-unsaturated/α-hetero) is 1. The van der Waals surface area contributed by atoms with E-state index in [0.717, 1.165) is 5.56 Å². The van der Waals surface area contributed by atoms with Crippen LogP contribution in [-0.4, -0.2) is 29.3 Å². The van der Waals surface area contributed by atoms with Crippen molar-refractivity contribution in [2.24, 2.45) is 5.92 Å². The van der Waals surface area contributed by atoms with E-state index < -0.39 is 17.4 Å². The number of carbonyl (C=O) groups excluding carboxylic acids is 3. The van der Waals surface area contributed by atoms with E-state index in [1.54, 1.807) is 52.0 Å². The molecule has 0 spiro atoms. The minimum atomic E-state index is -1.16. The Hall–Kier alpha value is -1.88. The zero-order valence-corrected chi connectivity index (χ0v) is 17.0. The Morgan fingerprint density at radius 3 is 2.08 bits per heavy atom. The molecule has 26 heavy (non-hydrogen) atoms. The number of hydrogen-bond donors (Lipinski definition) is 1. The molecule has 0 bridgehead atoms. The van der Waals surface area contributed by atoms with Crippen molar-refractivity contribution < 1.29 is 19.1 Å². The molecule has 1 amide bonds. The molecule has 144 valence electrons. The molecule has 0 saturated heterocycles. The number of ketones is 1. The molecule has 1 rings (SSSR count). The topological polar surface area (TPSA) is 72.5 Å². The minimum absolute atomic E-state index is 0.191. The normalized spacial score (nSPS) is 14.7. The van der Waals surface area contributed by atoms with Gasteiger partial charge in [0.15, 0.2) is 5.78 Å². The number of amides is 1. The predicted octanol–water partition coefficient (Wildman–Crippen LogP) is 3.89. The van der Waals surface area contributed by atoms with Gasteiger partial charge in [-0.3, -0.25) is 14.4 Å². The van der Waals surface area contributed by atoms with Crippen LogP contribution in [0.15, 0.2) is 24.3 Å². The van der Waals surface area contributed by atoms with Gasteiger partial charge in [0, 0.05) is 5.02 Å². The number of nitrogens with one attached hydrogen (secondary N) is 1. The first-order chi connectivity index (χ1) is 12.0. The number of hydrogen-bond acceptors (Lipinski definition) is 4. The molecule has 0 aromatic heterocycles. The lowest BCUT2D eigenvalue weighted by molar-refractivity contribution is -0.151. The Balaban J connectivity index is 2.91. The molecule has 1 aromatic rings. The van der Waals surface area contributed by atoms with Crippen molar-refractivity contribution in [1.82, 2.24) is 5.32 Å². The van der Waals surface area contributed by atoms with Crippen molar-refractivity contribution in [3.8, 4) is 0 Å². The zero-order valence-electron chi connectivity index (χ0n) is 16.3. The molecule has 0 aliphatic heterocycles. The van der Waals surface area contributed by atoms with Crippen LogP contribution >= 0.6 is 11.6 Å². The quantitative estimate of drug-likeness (QED) is 0.547. The molecule has 5 nitrogen and oxygen atoms in total. The third-order valence-electron chi connectivity index (χ3n) is 4.55. The van der Waals surface area contributed by atoms with Crippen LogP contribution in [0.2, 0.25) is 5.02 Å². The molecule has 2 unspecified atom stereocenters. The lowest BCUT2D eigenvalue weighted by atomic mass is 9.82. The van der Waals surface area contributed by atoms with Crippen LogP contribution in [0.4, 0.5) is 0 Å². The Morgan fingerprint density at radius 1 is 1.08 bits per heavy atom. The van der Waals surface area contributed by atoms with E-state index in [9.17, 15) is 14.4 Å². The standard InChI is InChI=1S/C20H28ClNO4/c1-12(2)20(6,17(23)11-18(24)26-13(3)4)22-19(25)14(5)15-7-9-16(21)10-8-15/h7-10,12-14H,11H2,1-6H3,(H,22,25). The third kappa shape index (κ3) is 5.84. The van der Waals surface area contributed by atoms with Crippen LogP contribution < -0.4 is 5.32 Å². The van der Waals surface area contributed by atoms with E-state index in [4.69, 9.17) is 16.3 Å². The fourth-order valence-electron chi connectivity index (χ4n) is 2.42. The first-order valence-electron chi connectivity index (χ1n) is 8.77. The maximum atomic E-state index is 12.7.